The van der Waals surface area contributed by atoms with Crippen molar-refractivity contribution in [2.45, 2.75) is 25.3 Å². The van der Waals surface area contributed by atoms with E-state index in [-0.39, 0.29) is 17.4 Å². The van der Waals surface area contributed by atoms with Gasteiger partial charge in [-0.05, 0) is 37.6 Å². The van der Waals surface area contributed by atoms with Crippen molar-refractivity contribution < 1.29 is 24.9 Å². The van der Waals surface area contributed by atoms with Gasteiger partial charge in [0.25, 0.3) is 0 Å². The number of phenolic OH excluding ortho intramolecular Hbond substituents is 1. The Balaban J connectivity index is 0.000000191. The van der Waals surface area contributed by atoms with Crippen LogP contribution in [0, 0.1) is 0 Å². The smallest absolute Gasteiger partial charge is 0.335 e. The highest BCUT2D eigenvalue weighted by Crippen LogP contribution is 2.10. The van der Waals surface area contributed by atoms with Crippen molar-refractivity contribution >= 4 is 11.9 Å². The largest absolute Gasteiger partial charge is 0.508 e. The van der Waals surface area contributed by atoms with E-state index in [9.17, 15) is 9.59 Å². The number of carbonyl (C=O) groups is 2. The van der Waals surface area contributed by atoms with Gasteiger partial charge in [0.1, 0.15) is 11.8 Å². The summed E-state index contributed by atoms with van der Waals surface area (Å²) >= 11 is 0. The van der Waals surface area contributed by atoms with Crippen molar-refractivity contribution in [1.82, 2.24) is 5.32 Å². The second kappa shape index (κ2) is 7.38. The molecule has 1 aromatic rings. The molecule has 0 bridgehead atoms. The summed E-state index contributed by atoms with van der Waals surface area (Å²) in [5.41, 5.74) is 0.0972. The van der Waals surface area contributed by atoms with E-state index in [0.29, 0.717) is 0 Å². The van der Waals surface area contributed by atoms with Gasteiger partial charge in [0.05, 0.1) is 5.56 Å². The third kappa shape index (κ3) is 5.39. The molecule has 0 spiro atoms. The van der Waals surface area contributed by atoms with Crippen LogP contribution in [0.1, 0.15) is 29.6 Å². The lowest BCUT2D eigenvalue weighted by atomic mass is 10.1. The van der Waals surface area contributed by atoms with E-state index in [4.69, 9.17) is 15.3 Å². The highest BCUT2D eigenvalue weighted by atomic mass is 16.4. The molecule has 1 aliphatic heterocycles. The summed E-state index contributed by atoms with van der Waals surface area (Å²) in [6.45, 7) is 0.858. The molecule has 1 atom stereocenters. The lowest BCUT2D eigenvalue weighted by Gasteiger charge is -2.18. The molecule has 0 saturated carbocycles. The molecule has 6 nitrogen and oxygen atoms in total. The minimum atomic E-state index is -1.03. The zero-order valence-electron chi connectivity index (χ0n) is 10.4. The number of aliphatic carboxylic acids is 1. The number of carboxylic acids is 2. The molecule has 4 N–H and O–H groups in total. The number of hydrogen-bond acceptors (Lipinski definition) is 4. The number of hydrogen-bond donors (Lipinski definition) is 4. The molecule has 1 aromatic carbocycles. The molecule has 1 unspecified atom stereocenters. The van der Waals surface area contributed by atoms with E-state index < -0.39 is 11.9 Å². The van der Waals surface area contributed by atoms with E-state index in [0.717, 1.165) is 25.8 Å². The molecule has 6 heteroatoms. The number of carboxylic acid groups (broad SMARTS) is 2. The molecule has 0 aromatic heterocycles. The Morgan fingerprint density at radius 2 is 1.95 bits per heavy atom. The fourth-order valence-corrected chi connectivity index (χ4v) is 1.70. The number of rotatable bonds is 2. The quantitative estimate of drug-likeness (QED) is 0.643. The third-order valence-corrected chi connectivity index (χ3v) is 2.70. The van der Waals surface area contributed by atoms with Gasteiger partial charge in [0, 0.05) is 0 Å². The zero-order chi connectivity index (χ0) is 14.3. The van der Waals surface area contributed by atoms with Crippen molar-refractivity contribution in [3.63, 3.8) is 0 Å². The molecule has 0 aliphatic carbocycles. The van der Waals surface area contributed by atoms with Gasteiger partial charge in [-0.3, -0.25) is 4.79 Å². The SMILES string of the molecule is O=C(O)C1CCCCN1.O=C(O)c1cccc(O)c1. The van der Waals surface area contributed by atoms with Gasteiger partial charge in [-0.2, -0.15) is 0 Å². The minimum absolute atomic E-state index is 0.0279. The van der Waals surface area contributed by atoms with Crippen LogP contribution < -0.4 is 5.32 Å². The second-order valence-corrected chi connectivity index (χ2v) is 4.20. The van der Waals surface area contributed by atoms with Gasteiger partial charge < -0.3 is 20.6 Å². The van der Waals surface area contributed by atoms with Crippen LogP contribution in [0.4, 0.5) is 0 Å². The Hall–Kier alpha value is -2.08. The number of phenols is 1. The Morgan fingerprint density at radius 1 is 1.21 bits per heavy atom. The Labute approximate surface area is 110 Å². The van der Waals surface area contributed by atoms with Crippen molar-refractivity contribution in [2.24, 2.45) is 0 Å². The van der Waals surface area contributed by atoms with E-state index in [1.165, 1.54) is 24.3 Å². The molecular weight excluding hydrogens is 250 g/mol. The summed E-state index contributed by atoms with van der Waals surface area (Å²) in [7, 11) is 0. The summed E-state index contributed by atoms with van der Waals surface area (Å²) in [5, 5.41) is 28.6. The van der Waals surface area contributed by atoms with Crippen LogP contribution in [-0.2, 0) is 4.79 Å². The van der Waals surface area contributed by atoms with Crippen LogP contribution in [0.25, 0.3) is 0 Å². The normalized spacial score (nSPS) is 18.0. The van der Waals surface area contributed by atoms with E-state index in [2.05, 4.69) is 5.32 Å². The summed E-state index contributed by atoms with van der Waals surface area (Å²) < 4.78 is 0. The highest BCUT2D eigenvalue weighted by molar-refractivity contribution is 5.87. The fourth-order valence-electron chi connectivity index (χ4n) is 1.70. The highest BCUT2D eigenvalue weighted by Gasteiger charge is 2.18. The standard InChI is InChI=1S/C7H6O3.C6H11NO2/c8-6-3-1-2-5(4-6)7(9)10;8-6(9)5-3-1-2-4-7-5/h1-4,8H,(H,9,10);5,7H,1-4H2,(H,8,9). The summed E-state index contributed by atoms with van der Waals surface area (Å²) in [4.78, 5) is 20.5. The average Bonchev–Trinajstić information content (AvgIpc) is 2.40. The Kier molecular flexibility index (Phi) is 5.81. The fraction of sp³-hybridized carbons (Fsp3) is 0.385. The molecule has 104 valence electrons. The first-order chi connectivity index (χ1) is 9.00. The maximum Gasteiger partial charge on any atom is 0.335 e. The van der Waals surface area contributed by atoms with Gasteiger partial charge in [-0.1, -0.05) is 12.5 Å². The monoisotopic (exact) mass is 267 g/mol. The van der Waals surface area contributed by atoms with Crippen molar-refractivity contribution in [3.05, 3.63) is 29.8 Å². The summed E-state index contributed by atoms with van der Waals surface area (Å²) in [6.07, 6.45) is 2.95. The molecule has 1 saturated heterocycles. The molecule has 1 fully saturated rings. The first-order valence-corrected chi connectivity index (χ1v) is 5.99. The molecule has 0 amide bonds. The summed E-state index contributed by atoms with van der Waals surface area (Å²) in [6, 6.07) is 5.24. The predicted molar refractivity (Wildman–Crippen MR) is 68.3 cm³/mol. The van der Waals surface area contributed by atoms with Crippen LogP contribution in [0.2, 0.25) is 0 Å². The van der Waals surface area contributed by atoms with Crippen LogP contribution in [-0.4, -0.2) is 39.8 Å². The maximum absolute atomic E-state index is 10.3. The number of piperidine rings is 1. The Morgan fingerprint density at radius 3 is 2.32 bits per heavy atom. The van der Waals surface area contributed by atoms with Crippen molar-refractivity contribution in [3.8, 4) is 5.75 Å². The van der Waals surface area contributed by atoms with Gasteiger partial charge in [-0.25, -0.2) is 4.79 Å². The maximum atomic E-state index is 10.3. The average molecular weight is 267 g/mol. The lowest BCUT2D eigenvalue weighted by molar-refractivity contribution is -0.140. The second-order valence-electron chi connectivity index (χ2n) is 4.20. The van der Waals surface area contributed by atoms with Crippen molar-refractivity contribution in [1.29, 1.82) is 0 Å². The van der Waals surface area contributed by atoms with Gasteiger partial charge in [-0.15, -0.1) is 0 Å². The lowest BCUT2D eigenvalue weighted by Crippen LogP contribution is -2.40. The molecule has 2 rings (SSSR count). The van der Waals surface area contributed by atoms with Gasteiger partial charge in [0.15, 0.2) is 0 Å². The molecular formula is C13H17NO5. The number of nitrogens with one attached hydrogen (secondary N) is 1. The molecule has 19 heavy (non-hydrogen) atoms. The molecule has 1 heterocycles. The molecule has 1 aliphatic rings. The number of aromatic carboxylic acids is 1. The minimum Gasteiger partial charge on any atom is -0.508 e. The first kappa shape index (κ1) is 15.0. The first-order valence-electron chi connectivity index (χ1n) is 5.99. The zero-order valence-corrected chi connectivity index (χ0v) is 10.4. The van der Waals surface area contributed by atoms with Gasteiger partial charge in [0.2, 0.25) is 0 Å². The Bertz CT molecular complexity index is 440. The number of aromatic hydroxyl groups is 1. The third-order valence-electron chi connectivity index (χ3n) is 2.70. The predicted octanol–water partition coefficient (Wildman–Crippen LogP) is 1.30. The van der Waals surface area contributed by atoms with E-state index >= 15 is 0 Å². The van der Waals surface area contributed by atoms with E-state index in [1.54, 1.807) is 0 Å². The van der Waals surface area contributed by atoms with Crippen LogP contribution in [0.15, 0.2) is 24.3 Å². The van der Waals surface area contributed by atoms with Crippen LogP contribution in [0.5, 0.6) is 5.75 Å². The van der Waals surface area contributed by atoms with Gasteiger partial charge >= 0.3 is 11.9 Å². The van der Waals surface area contributed by atoms with E-state index in [1.807, 2.05) is 0 Å². The summed E-state index contributed by atoms with van der Waals surface area (Å²) in [5.74, 6) is -1.77. The van der Waals surface area contributed by atoms with Crippen LogP contribution in [0.3, 0.4) is 0 Å². The molecule has 0 radical (unpaired) electrons. The van der Waals surface area contributed by atoms with Crippen LogP contribution >= 0.6 is 0 Å². The number of benzene rings is 1. The van der Waals surface area contributed by atoms with Crippen molar-refractivity contribution in [2.75, 3.05) is 6.54 Å². The topological polar surface area (TPSA) is 107 Å².